The van der Waals surface area contributed by atoms with Crippen LogP contribution in [0.3, 0.4) is 0 Å². The van der Waals surface area contributed by atoms with E-state index in [1.807, 2.05) is 48.2 Å². The van der Waals surface area contributed by atoms with Gasteiger partial charge >= 0.3 is 0 Å². The third-order valence-corrected chi connectivity index (χ3v) is 5.62. The average molecular weight is 431 g/mol. The Morgan fingerprint density at radius 1 is 0.938 bits per heavy atom. The lowest BCUT2D eigenvalue weighted by atomic mass is 10.1. The molecule has 1 aliphatic heterocycles. The normalized spacial score (nSPS) is 12.3. The number of ether oxygens (including phenoxy) is 2. The zero-order valence-electron chi connectivity index (χ0n) is 18.5. The van der Waals surface area contributed by atoms with Gasteiger partial charge in [0.1, 0.15) is 11.5 Å². The van der Waals surface area contributed by atoms with Crippen molar-refractivity contribution in [3.05, 3.63) is 88.5 Å². The van der Waals surface area contributed by atoms with Crippen molar-refractivity contribution < 1.29 is 19.1 Å². The second-order valence-corrected chi connectivity index (χ2v) is 7.82. The number of rotatable bonds is 6. The largest absolute Gasteiger partial charge is 0.497 e. The topological polar surface area (TPSA) is 67.9 Å². The van der Waals surface area contributed by atoms with E-state index in [1.54, 1.807) is 32.4 Å². The van der Waals surface area contributed by atoms with Crippen LogP contribution in [0.15, 0.2) is 60.7 Å². The summed E-state index contributed by atoms with van der Waals surface area (Å²) < 4.78 is 10.5. The van der Waals surface area contributed by atoms with E-state index in [-0.39, 0.29) is 11.8 Å². The lowest BCUT2D eigenvalue weighted by molar-refractivity contribution is 0.0948. The van der Waals surface area contributed by atoms with Crippen LogP contribution in [0.4, 0.5) is 5.69 Å². The zero-order chi connectivity index (χ0) is 22.7. The van der Waals surface area contributed by atoms with Crippen molar-refractivity contribution in [3.8, 4) is 11.5 Å². The van der Waals surface area contributed by atoms with Gasteiger partial charge in [0.2, 0.25) is 0 Å². The van der Waals surface area contributed by atoms with Gasteiger partial charge in [-0.25, -0.2) is 0 Å². The Labute approximate surface area is 187 Å². The fourth-order valence-electron chi connectivity index (χ4n) is 3.93. The van der Waals surface area contributed by atoms with Crippen LogP contribution in [0.2, 0.25) is 0 Å². The highest BCUT2D eigenvalue weighted by Crippen LogP contribution is 2.30. The van der Waals surface area contributed by atoms with Crippen LogP contribution in [0.1, 0.15) is 37.4 Å². The van der Waals surface area contributed by atoms with Crippen LogP contribution in [0.5, 0.6) is 11.5 Å². The monoisotopic (exact) mass is 430 g/mol. The second kappa shape index (κ2) is 9.14. The number of nitrogens with one attached hydrogen (secondary N) is 1. The molecule has 6 nitrogen and oxygen atoms in total. The Bertz CT molecular complexity index is 1150. The van der Waals surface area contributed by atoms with E-state index in [9.17, 15) is 9.59 Å². The van der Waals surface area contributed by atoms with E-state index in [0.717, 1.165) is 28.8 Å². The summed E-state index contributed by atoms with van der Waals surface area (Å²) >= 11 is 0. The third kappa shape index (κ3) is 4.44. The minimum atomic E-state index is -0.209. The molecule has 2 amide bonds. The predicted molar refractivity (Wildman–Crippen MR) is 124 cm³/mol. The number of aryl methyl sites for hydroxylation is 1. The number of methoxy groups -OCH3 is 2. The predicted octanol–water partition coefficient (Wildman–Crippen LogP) is 4.15. The smallest absolute Gasteiger partial charge is 0.258 e. The summed E-state index contributed by atoms with van der Waals surface area (Å²) in [5.41, 5.74) is 5.26. The van der Waals surface area contributed by atoms with Crippen LogP contribution in [-0.2, 0) is 13.0 Å². The van der Waals surface area contributed by atoms with Crippen LogP contribution >= 0.6 is 0 Å². The summed E-state index contributed by atoms with van der Waals surface area (Å²) in [6.45, 7) is 3.02. The van der Waals surface area contributed by atoms with Crippen molar-refractivity contribution in [2.24, 2.45) is 0 Å². The molecule has 0 spiro atoms. The standard InChI is InChI=1S/C26H26N2O4/c1-17-5-4-6-20(11-17)26(30)28-10-9-19-12-18(7-8-24(19)28)16-27-25(29)21-13-22(31-2)15-23(14-21)32-3/h4-8,11-15H,9-10,16H2,1-3H3,(H,27,29). The lowest BCUT2D eigenvalue weighted by Crippen LogP contribution is -2.28. The molecule has 0 bridgehead atoms. The number of carbonyl (C=O) groups excluding carboxylic acids is 2. The molecule has 1 aliphatic rings. The van der Waals surface area contributed by atoms with Crippen LogP contribution < -0.4 is 19.7 Å². The maximum atomic E-state index is 13.0. The highest BCUT2D eigenvalue weighted by molar-refractivity contribution is 6.07. The van der Waals surface area contributed by atoms with Gasteiger partial charge in [0.25, 0.3) is 11.8 Å². The van der Waals surface area contributed by atoms with E-state index in [1.165, 1.54) is 0 Å². The number of nitrogens with zero attached hydrogens (tertiary/aromatic N) is 1. The van der Waals surface area contributed by atoms with Crippen molar-refractivity contribution in [2.45, 2.75) is 19.9 Å². The molecular formula is C26H26N2O4. The third-order valence-electron chi connectivity index (χ3n) is 5.62. The molecule has 3 aromatic carbocycles. The Morgan fingerprint density at radius 2 is 1.69 bits per heavy atom. The molecule has 3 aromatic rings. The summed E-state index contributed by atoms with van der Waals surface area (Å²) in [7, 11) is 3.10. The van der Waals surface area contributed by atoms with Crippen molar-refractivity contribution in [3.63, 3.8) is 0 Å². The highest BCUT2D eigenvalue weighted by Gasteiger charge is 2.25. The molecule has 0 aliphatic carbocycles. The maximum Gasteiger partial charge on any atom is 0.258 e. The van der Waals surface area contributed by atoms with E-state index >= 15 is 0 Å². The number of amides is 2. The number of carbonyl (C=O) groups is 2. The van der Waals surface area contributed by atoms with Crippen LogP contribution in [0, 0.1) is 6.92 Å². The van der Waals surface area contributed by atoms with Crippen LogP contribution in [0.25, 0.3) is 0 Å². The average Bonchev–Trinajstić information content (AvgIpc) is 3.24. The molecule has 0 aromatic heterocycles. The van der Waals surface area contributed by atoms with E-state index in [4.69, 9.17) is 9.47 Å². The number of hydrogen-bond acceptors (Lipinski definition) is 4. The van der Waals surface area contributed by atoms with Gasteiger partial charge < -0.3 is 19.7 Å². The quantitative estimate of drug-likeness (QED) is 0.638. The molecule has 0 atom stereocenters. The number of benzene rings is 3. The molecule has 0 radical (unpaired) electrons. The molecule has 1 heterocycles. The number of fused-ring (bicyclic) bond motifs is 1. The minimum absolute atomic E-state index is 0.0143. The molecule has 4 rings (SSSR count). The van der Waals surface area contributed by atoms with E-state index < -0.39 is 0 Å². The Balaban J connectivity index is 1.45. The summed E-state index contributed by atoms with van der Waals surface area (Å²) in [5, 5.41) is 2.94. The molecule has 32 heavy (non-hydrogen) atoms. The molecule has 0 saturated carbocycles. The highest BCUT2D eigenvalue weighted by atomic mass is 16.5. The molecule has 0 saturated heterocycles. The SMILES string of the molecule is COc1cc(OC)cc(C(=O)NCc2ccc3c(c2)CCN3C(=O)c2cccc(C)c2)c1. The zero-order valence-corrected chi connectivity index (χ0v) is 18.5. The van der Waals surface area contributed by atoms with E-state index in [2.05, 4.69) is 11.4 Å². The van der Waals surface area contributed by atoms with Crippen molar-refractivity contribution >= 4 is 17.5 Å². The second-order valence-electron chi connectivity index (χ2n) is 7.82. The first-order valence-electron chi connectivity index (χ1n) is 10.5. The first kappa shape index (κ1) is 21.4. The summed E-state index contributed by atoms with van der Waals surface area (Å²) in [4.78, 5) is 27.4. The van der Waals surface area contributed by atoms with Crippen LogP contribution in [-0.4, -0.2) is 32.6 Å². The summed E-state index contributed by atoms with van der Waals surface area (Å²) in [5.74, 6) is 0.926. The van der Waals surface area contributed by atoms with Gasteiger partial charge in [-0.3, -0.25) is 9.59 Å². The molecule has 164 valence electrons. The van der Waals surface area contributed by atoms with Gasteiger partial charge in [-0.1, -0.05) is 29.8 Å². The first-order valence-corrected chi connectivity index (χ1v) is 10.5. The molecular weight excluding hydrogens is 404 g/mol. The van der Waals surface area contributed by atoms with Crippen molar-refractivity contribution in [2.75, 3.05) is 25.7 Å². The van der Waals surface area contributed by atoms with Gasteiger partial charge in [0, 0.05) is 36.0 Å². The van der Waals surface area contributed by atoms with Crippen molar-refractivity contribution in [1.82, 2.24) is 5.32 Å². The summed E-state index contributed by atoms with van der Waals surface area (Å²) in [6.07, 6.45) is 0.793. The van der Waals surface area contributed by atoms with E-state index in [0.29, 0.717) is 35.7 Å². The van der Waals surface area contributed by atoms with Gasteiger partial charge in [-0.2, -0.15) is 0 Å². The fraction of sp³-hybridized carbons (Fsp3) is 0.231. The molecule has 6 heteroatoms. The molecule has 0 fully saturated rings. The number of hydrogen-bond donors (Lipinski definition) is 1. The number of anilines is 1. The molecule has 1 N–H and O–H groups in total. The Hall–Kier alpha value is -3.80. The Kier molecular flexibility index (Phi) is 6.12. The van der Waals surface area contributed by atoms with Gasteiger partial charge in [0.15, 0.2) is 0 Å². The Morgan fingerprint density at radius 3 is 2.38 bits per heavy atom. The fourth-order valence-corrected chi connectivity index (χ4v) is 3.93. The van der Waals surface area contributed by atoms with Gasteiger partial charge in [0.05, 0.1) is 14.2 Å². The van der Waals surface area contributed by atoms with Gasteiger partial charge in [-0.15, -0.1) is 0 Å². The first-order chi connectivity index (χ1) is 15.5. The van der Waals surface area contributed by atoms with Gasteiger partial charge in [-0.05, 0) is 54.8 Å². The molecule has 0 unspecified atom stereocenters. The lowest BCUT2D eigenvalue weighted by Gasteiger charge is -2.18. The van der Waals surface area contributed by atoms with Crippen molar-refractivity contribution in [1.29, 1.82) is 0 Å². The minimum Gasteiger partial charge on any atom is -0.497 e. The summed E-state index contributed by atoms with van der Waals surface area (Å²) in [6, 6.07) is 18.7. The maximum absolute atomic E-state index is 13.0.